The summed E-state index contributed by atoms with van der Waals surface area (Å²) in [5.74, 6) is -1.16. The lowest BCUT2D eigenvalue weighted by Crippen LogP contribution is -2.13. The lowest BCUT2D eigenvalue weighted by Gasteiger charge is -2.07. The Morgan fingerprint density at radius 2 is 1.68 bits per heavy atom. The predicted octanol–water partition coefficient (Wildman–Crippen LogP) is 5.02. The van der Waals surface area contributed by atoms with Gasteiger partial charge in [0.15, 0.2) is 0 Å². The summed E-state index contributed by atoms with van der Waals surface area (Å²) in [7, 11) is 0. The summed E-state index contributed by atoms with van der Waals surface area (Å²) in [4.78, 5) is 44.8. The highest BCUT2D eigenvalue weighted by Crippen LogP contribution is 2.34. The Labute approximate surface area is 209 Å². The maximum Gasteiger partial charge on any atom is 0.338 e. The number of benzene rings is 3. The minimum Gasteiger partial charge on any atom is -0.462 e. The van der Waals surface area contributed by atoms with Gasteiger partial charge in [-0.05, 0) is 61.0 Å². The number of carbonyl (C=O) groups is 2. The van der Waals surface area contributed by atoms with Crippen LogP contribution in [0.3, 0.4) is 0 Å². The Hall–Kier alpha value is -5.57. The molecule has 3 rings (SSSR count). The van der Waals surface area contributed by atoms with Gasteiger partial charge in [0.2, 0.25) is 5.75 Å². The molecule has 0 saturated heterocycles. The predicted molar refractivity (Wildman–Crippen MR) is 131 cm³/mol. The van der Waals surface area contributed by atoms with Crippen molar-refractivity contribution in [1.82, 2.24) is 0 Å². The quantitative estimate of drug-likeness (QED) is 0.138. The van der Waals surface area contributed by atoms with E-state index in [1.54, 1.807) is 6.92 Å². The van der Waals surface area contributed by atoms with Crippen LogP contribution in [0.2, 0.25) is 0 Å². The van der Waals surface area contributed by atoms with E-state index in [1.165, 1.54) is 54.6 Å². The molecule has 0 spiro atoms. The van der Waals surface area contributed by atoms with Crippen molar-refractivity contribution in [3.63, 3.8) is 0 Å². The SMILES string of the molecule is CCOC(=O)c1ccc(NC(=O)/C(C#N)=C/c2ccc(Oc3ccc([N+](=O)[O-])cc3[N+](=O)[O-])cc2)cc1. The zero-order chi connectivity index (χ0) is 26.9. The van der Waals surface area contributed by atoms with Gasteiger partial charge in [0.25, 0.3) is 11.6 Å². The van der Waals surface area contributed by atoms with Crippen molar-refractivity contribution in [2.24, 2.45) is 0 Å². The standard InChI is InChI=1S/C25H18N4O8/c1-2-36-25(31)17-5-7-19(8-6-17)27-24(30)18(15-26)13-16-3-10-21(11-4-16)37-23-12-9-20(28(32)33)14-22(23)29(34)35/h3-14H,2H2,1H3,(H,27,30)/b18-13+. The Balaban J connectivity index is 1.72. The smallest absolute Gasteiger partial charge is 0.338 e. The van der Waals surface area contributed by atoms with Gasteiger partial charge >= 0.3 is 11.7 Å². The molecule has 0 aromatic heterocycles. The number of nitrogens with one attached hydrogen (secondary N) is 1. The number of nitrogens with zero attached hydrogens (tertiary/aromatic N) is 3. The number of nitro groups is 2. The highest BCUT2D eigenvalue weighted by Gasteiger charge is 2.21. The van der Waals surface area contributed by atoms with Crippen molar-refractivity contribution in [3.8, 4) is 17.6 Å². The van der Waals surface area contributed by atoms with Crippen LogP contribution in [0, 0.1) is 31.6 Å². The van der Waals surface area contributed by atoms with Crippen LogP contribution in [0.15, 0.2) is 72.3 Å². The summed E-state index contributed by atoms with van der Waals surface area (Å²) in [6.45, 7) is 1.92. The minimum absolute atomic E-state index is 0.190. The molecule has 12 heteroatoms. The highest BCUT2D eigenvalue weighted by atomic mass is 16.6. The molecule has 186 valence electrons. The molecule has 0 radical (unpaired) electrons. The van der Waals surface area contributed by atoms with Crippen molar-refractivity contribution in [2.75, 3.05) is 11.9 Å². The van der Waals surface area contributed by atoms with Gasteiger partial charge in [0, 0.05) is 11.8 Å². The number of hydrogen-bond donors (Lipinski definition) is 1. The zero-order valence-corrected chi connectivity index (χ0v) is 19.2. The molecule has 37 heavy (non-hydrogen) atoms. The molecule has 12 nitrogen and oxygen atoms in total. The van der Waals surface area contributed by atoms with Gasteiger partial charge < -0.3 is 14.8 Å². The average molecular weight is 502 g/mol. The third kappa shape index (κ3) is 6.74. The second kappa shape index (κ2) is 11.7. The summed E-state index contributed by atoms with van der Waals surface area (Å²) >= 11 is 0. The van der Waals surface area contributed by atoms with Crippen LogP contribution in [0.25, 0.3) is 6.08 Å². The Morgan fingerprint density at radius 1 is 1.00 bits per heavy atom. The summed E-state index contributed by atoms with van der Waals surface area (Å²) < 4.78 is 10.4. The lowest BCUT2D eigenvalue weighted by atomic mass is 10.1. The number of amides is 1. The molecule has 1 amide bonds. The molecule has 3 aromatic rings. The second-order valence-corrected chi connectivity index (χ2v) is 7.26. The van der Waals surface area contributed by atoms with Gasteiger partial charge in [-0.3, -0.25) is 25.0 Å². The summed E-state index contributed by atoms with van der Waals surface area (Å²) in [6.07, 6.45) is 1.33. The summed E-state index contributed by atoms with van der Waals surface area (Å²) in [6, 6.07) is 16.8. The van der Waals surface area contributed by atoms with E-state index in [-0.39, 0.29) is 23.7 Å². The van der Waals surface area contributed by atoms with Gasteiger partial charge in [-0.15, -0.1) is 0 Å². The molecule has 1 N–H and O–H groups in total. The third-order valence-electron chi connectivity index (χ3n) is 4.79. The molecule has 0 saturated carbocycles. The summed E-state index contributed by atoms with van der Waals surface area (Å²) in [5, 5.41) is 34.1. The van der Waals surface area contributed by atoms with Crippen LogP contribution in [-0.2, 0) is 9.53 Å². The first kappa shape index (κ1) is 26.0. The number of nitro benzene ring substituents is 2. The van der Waals surface area contributed by atoms with E-state index in [1.807, 2.05) is 6.07 Å². The molecule has 0 atom stereocenters. The molecule has 0 aliphatic carbocycles. The monoisotopic (exact) mass is 502 g/mol. The molecular formula is C25H18N4O8. The average Bonchev–Trinajstić information content (AvgIpc) is 2.88. The largest absolute Gasteiger partial charge is 0.462 e. The van der Waals surface area contributed by atoms with Crippen molar-refractivity contribution in [3.05, 3.63) is 104 Å². The second-order valence-electron chi connectivity index (χ2n) is 7.26. The normalized spacial score (nSPS) is 10.6. The number of nitriles is 1. The van der Waals surface area contributed by atoms with Crippen LogP contribution in [0.1, 0.15) is 22.8 Å². The van der Waals surface area contributed by atoms with E-state index < -0.39 is 33.1 Å². The first-order chi connectivity index (χ1) is 17.7. The van der Waals surface area contributed by atoms with Gasteiger partial charge in [0.1, 0.15) is 17.4 Å². The van der Waals surface area contributed by atoms with Crippen molar-refractivity contribution < 1.29 is 28.9 Å². The van der Waals surface area contributed by atoms with E-state index in [9.17, 15) is 35.1 Å². The molecule has 3 aromatic carbocycles. The van der Waals surface area contributed by atoms with E-state index in [0.29, 0.717) is 16.8 Å². The molecule has 0 bridgehead atoms. The Kier molecular flexibility index (Phi) is 8.25. The van der Waals surface area contributed by atoms with Crippen LogP contribution < -0.4 is 10.1 Å². The fourth-order valence-corrected chi connectivity index (χ4v) is 3.03. The maximum absolute atomic E-state index is 12.5. The lowest BCUT2D eigenvalue weighted by molar-refractivity contribution is -0.394. The van der Waals surface area contributed by atoms with Gasteiger partial charge in [-0.2, -0.15) is 5.26 Å². The van der Waals surface area contributed by atoms with E-state index >= 15 is 0 Å². The number of rotatable bonds is 9. The van der Waals surface area contributed by atoms with E-state index in [4.69, 9.17) is 9.47 Å². The first-order valence-corrected chi connectivity index (χ1v) is 10.6. The fourth-order valence-electron chi connectivity index (χ4n) is 3.03. The number of anilines is 1. The van der Waals surface area contributed by atoms with E-state index in [2.05, 4.69) is 5.32 Å². The van der Waals surface area contributed by atoms with Gasteiger partial charge in [-0.1, -0.05) is 12.1 Å². The molecular weight excluding hydrogens is 484 g/mol. The third-order valence-corrected chi connectivity index (χ3v) is 4.79. The van der Waals surface area contributed by atoms with Crippen LogP contribution in [0.5, 0.6) is 11.5 Å². The molecule has 0 fully saturated rings. The van der Waals surface area contributed by atoms with Crippen molar-refractivity contribution in [1.29, 1.82) is 5.26 Å². The van der Waals surface area contributed by atoms with Crippen LogP contribution in [0.4, 0.5) is 17.1 Å². The molecule has 0 heterocycles. The van der Waals surface area contributed by atoms with Crippen LogP contribution in [-0.4, -0.2) is 28.3 Å². The maximum atomic E-state index is 12.5. The van der Waals surface area contributed by atoms with Gasteiger partial charge in [0.05, 0.1) is 28.1 Å². The topological polar surface area (TPSA) is 175 Å². The Bertz CT molecular complexity index is 1420. The van der Waals surface area contributed by atoms with Crippen LogP contribution >= 0.6 is 0 Å². The number of carbonyl (C=O) groups excluding carboxylic acids is 2. The van der Waals surface area contributed by atoms with Crippen molar-refractivity contribution in [2.45, 2.75) is 6.92 Å². The number of ether oxygens (including phenoxy) is 2. The number of esters is 1. The van der Waals surface area contributed by atoms with E-state index in [0.717, 1.165) is 18.2 Å². The van der Waals surface area contributed by atoms with Crippen molar-refractivity contribution >= 4 is 35.0 Å². The van der Waals surface area contributed by atoms with Gasteiger partial charge in [-0.25, -0.2) is 4.79 Å². The fraction of sp³-hybridized carbons (Fsp3) is 0.0800. The zero-order valence-electron chi connectivity index (χ0n) is 19.2. The number of non-ortho nitro benzene ring substituents is 1. The molecule has 0 aliphatic rings. The highest BCUT2D eigenvalue weighted by molar-refractivity contribution is 6.09. The number of hydrogen-bond acceptors (Lipinski definition) is 9. The molecule has 0 aliphatic heterocycles. The molecule has 0 unspecified atom stereocenters. The minimum atomic E-state index is -0.790. The summed E-state index contributed by atoms with van der Waals surface area (Å²) in [5.41, 5.74) is -0.0670. The first-order valence-electron chi connectivity index (χ1n) is 10.6. The Morgan fingerprint density at radius 3 is 2.24 bits per heavy atom.